The summed E-state index contributed by atoms with van der Waals surface area (Å²) >= 11 is 0. The number of amides is 1. The van der Waals surface area contributed by atoms with E-state index in [1.807, 2.05) is 48.5 Å². The fourth-order valence-corrected chi connectivity index (χ4v) is 3.17. The topological polar surface area (TPSA) is 38.3 Å². The number of ether oxygens (including phenoxy) is 1. The number of hydrogen-bond acceptors (Lipinski definition) is 2. The first-order chi connectivity index (χ1) is 11.6. The van der Waals surface area contributed by atoms with E-state index in [4.69, 9.17) is 4.74 Å². The molecule has 126 valence electrons. The van der Waals surface area contributed by atoms with Crippen molar-refractivity contribution in [2.24, 2.45) is 5.92 Å². The van der Waals surface area contributed by atoms with Crippen LogP contribution in [0.2, 0.25) is 0 Å². The van der Waals surface area contributed by atoms with E-state index in [9.17, 15) is 4.79 Å². The Morgan fingerprint density at radius 2 is 1.50 bits per heavy atom. The third-order valence-corrected chi connectivity index (χ3v) is 4.51. The molecule has 0 fully saturated rings. The number of carbonyl (C=O) groups is 1. The van der Waals surface area contributed by atoms with Crippen LogP contribution in [0, 0.1) is 5.92 Å². The molecular formula is C21H25NO2. The maximum absolute atomic E-state index is 13.0. The van der Waals surface area contributed by atoms with Crippen molar-refractivity contribution in [1.82, 2.24) is 5.32 Å². The van der Waals surface area contributed by atoms with Crippen molar-refractivity contribution in [1.29, 1.82) is 0 Å². The molecule has 1 aliphatic rings. The zero-order chi connectivity index (χ0) is 17.1. The monoisotopic (exact) mass is 323 g/mol. The Morgan fingerprint density at radius 3 is 2.04 bits per heavy atom. The molecule has 3 rings (SSSR count). The first kappa shape index (κ1) is 16.6. The molecule has 2 aromatic carbocycles. The van der Waals surface area contributed by atoms with Gasteiger partial charge in [-0.1, -0.05) is 50.2 Å². The molecule has 0 radical (unpaired) electrons. The summed E-state index contributed by atoms with van der Waals surface area (Å²) in [5, 5.41) is 3.19. The molecule has 0 aromatic heterocycles. The minimum Gasteiger partial charge on any atom is -0.457 e. The van der Waals surface area contributed by atoms with Crippen LogP contribution < -0.4 is 10.1 Å². The molecule has 2 aromatic rings. The number of para-hydroxylation sites is 2. The molecule has 24 heavy (non-hydrogen) atoms. The average Bonchev–Trinajstić information content (AvgIpc) is 2.57. The molecule has 0 aliphatic carbocycles. The summed E-state index contributed by atoms with van der Waals surface area (Å²) < 4.78 is 5.96. The Labute approximate surface area is 144 Å². The van der Waals surface area contributed by atoms with E-state index in [1.54, 1.807) is 0 Å². The van der Waals surface area contributed by atoms with Gasteiger partial charge in [-0.3, -0.25) is 4.79 Å². The summed E-state index contributed by atoms with van der Waals surface area (Å²) in [6, 6.07) is 15.8. The largest absolute Gasteiger partial charge is 0.457 e. The lowest BCUT2D eigenvalue weighted by atomic mass is 9.87. The first-order valence-electron chi connectivity index (χ1n) is 8.72. The third kappa shape index (κ3) is 3.45. The minimum absolute atomic E-state index is 0.0504. The highest BCUT2D eigenvalue weighted by Gasteiger charge is 2.32. The summed E-state index contributed by atoms with van der Waals surface area (Å²) in [4.78, 5) is 13.0. The van der Waals surface area contributed by atoms with E-state index in [0.717, 1.165) is 35.5 Å². The van der Waals surface area contributed by atoms with Crippen molar-refractivity contribution in [3.8, 4) is 11.5 Å². The van der Waals surface area contributed by atoms with Crippen molar-refractivity contribution in [2.75, 3.05) is 0 Å². The molecule has 0 unspecified atom stereocenters. The summed E-state index contributed by atoms with van der Waals surface area (Å²) in [5.41, 5.74) is 1.87. The molecule has 1 atom stereocenters. The number of nitrogens with one attached hydrogen (secondary N) is 1. The van der Waals surface area contributed by atoms with Gasteiger partial charge >= 0.3 is 0 Å². The predicted octanol–water partition coefficient (Wildman–Crippen LogP) is 4.87. The number of rotatable bonds is 5. The van der Waals surface area contributed by atoms with Crippen LogP contribution in [0.25, 0.3) is 0 Å². The van der Waals surface area contributed by atoms with Crippen LogP contribution in [0.1, 0.15) is 50.7 Å². The minimum atomic E-state index is -0.312. The summed E-state index contributed by atoms with van der Waals surface area (Å²) in [5.74, 6) is 1.92. The van der Waals surface area contributed by atoms with Gasteiger partial charge in [-0.2, -0.15) is 0 Å². The van der Waals surface area contributed by atoms with Gasteiger partial charge in [0.1, 0.15) is 11.5 Å². The van der Waals surface area contributed by atoms with Crippen molar-refractivity contribution in [3.05, 3.63) is 59.7 Å². The van der Waals surface area contributed by atoms with Crippen LogP contribution in [0.4, 0.5) is 0 Å². The molecule has 1 amide bonds. The SMILES string of the molecule is CC(C)CC[C@H](C)NC(=O)C1c2ccccc2Oc2ccccc21. The highest BCUT2D eigenvalue weighted by atomic mass is 16.5. The Kier molecular flexibility index (Phi) is 4.89. The van der Waals surface area contributed by atoms with Gasteiger partial charge in [-0.25, -0.2) is 0 Å². The standard InChI is InChI=1S/C21H25NO2/c1-14(2)12-13-15(3)22-21(23)20-16-8-4-6-10-18(16)24-19-11-7-5-9-17(19)20/h4-11,14-15,20H,12-13H2,1-3H3,(H,22,23)/t15-/m0/s1. The van der Waals surface area contributed by atoms with Crippen molar-refractivity contribution >= 4 is 5.91 Å². The van der Waals surface area contributed by atoms with Crippen LogP contribution in [0.15, 0.2) is 48.5 Å². The summed E-state index contributed by atoms with van der Waals surface area (Å²) in [6.45, 7) is 6.50. The molecule has 0 saturated carbocycles. The van der Waals surface area contributed by atoms with Crippen LogP contribution >= 0.6 is 0 Å². The number of benzene rings is 2. The smallest absolute Gasteiger partial charge is 0.232 e. The molecule has 1 aliphatic heterocycles. The highest BCUT2D eigenvalue weighted by Crippen LogP contribution is 2.43. The molecule has 3 heteroatoms. The third-order valence-electron chi connectivity index (χ3n) is 4.51. The van der Waals surface area contributed by atoms with Gasteiger partial charge in [0.2, 0.25) is 5.91 Å². The van der Waals surface area contributed by atoms with E-state index in [0.29, 0.717) is 5.92 Å². The number of hydrogen-bond donors (Lipinski definition) is 1. The molecular weight excluding hydrogens is 298 g/mol. The zero-order valence-corrected chi connectivity index (χ0v) is 14.6. The number of fused-ring (bicyclic) bond motifs is 2. The molecule has 0 spiro atoms. The van der Waals surface area contributed by atoms with E-state index >= 15 is 0 Å². The van der Waals surface area contributed by atoms with Gasteiger partial charge < -0.3 is 10.1 Å². The van der Waals surface area contributed by atoms with Gasteiger partial charge in [0.25, 0.3) is 0 Å². The quantitative estimate of drug-likeness (QED) is 0.853. The van der Waals surface area contributed by atoms with Crippen molar-refractivity contribution < 1.29 is 9.53 Å². The van der Waals surface area contributed by atoms with Gasteiger partial charge in [0, 0.05) is 17.2 Å². The van der Waals surface area contributed by atoms with Crippen molar-refractivity contribution in [2.45, 2.75) is 45.6 Å². The average molecular weight is 323 g/mol. The fourth-order valence-electron chi connectivity index (χ4n) is 3.17. The molecule has 3 nitrogen and oxygen atoms in total. The van der Waals surface area contributed by atoms with Crippen LogP contribution in [-0.2, 0) is 4.79 Å². The molecule has 1 heterocycles. The van der Waals surface area contributed by atoms with Crippen LogP contribution in [-0.4, -0.2) is 11.9 Å². The predicted molar refractivity (Wildman–Crippen MR) is 96.5 cm³/mol. The fraction of sp³-hybridized carbons (Fsp3) is 0.381. The van der Waals surface area contributed by atoms with E-state index in [2.05, 4.69) is 26.1 Å². The number of carbonyl (C=O) groups excluding carboxylic acids is 1. The Hall–Kier alpha value is -2.29. The highest BCUT2D eigenvalue weighted by molar-refractivity contribution is 5.89. The van der Waals surface area contributed by atoms with E-state index in [-0.39, 0.29) is 17.9 Å². The Morgan fingerprint density at radius 1 is 0.958 bits per heavy atom. The van der Waals surface area contributed by atoms with Gasteiger partial charge in [0.05, 0.1) is 5.92 Å². The second-order valence-electron chi connectivity index (χ2n) is 6.99. The molecule has 0 saturated heterocycles. The summed E-state index contributed by atoms with van der Waals surface area (Å²) in [6.07, 6.45) is 2.11. The Bertz CT molecular complexity index is 678. The van der Waals surface area contributed by atoms with Gasteiger partial charge in [-0.05, 0) is 37.8 Å². The lowest BCUT2D eigenvalue weighted by Gasteiger charge is -2.28. The van der Waals surface area contributed by atoms with Crippen LogP contribution in [0.3, 0.4) is 0 Å². The van der Waals surface area contributed by atoms with Gasteiger partial charge in [0.15, 0.2) is 0 Å². The molecule has 1 N–H and O–H groups in total. The van der Waals surface area contributed by atoms with Crippen molar-refractivity contribution in [3.63, 3.8) is 0 Å². The normalized spacial score (nSPS) is 14.5. The van der Waals surface area contributed by atoms with Crippen LogP contribution in [0.5, 0.6) is 11.5 Å². The van der Waals surface area contributed by atoms with E-state index < -0.39 is 0 Å². The zero-order valence-electron chi connectivity index (χ0n) is 14.6. The summed E-state index contributed by atoms with van der Waals surface area (Å²) in [7, 11) is 0. The molecule has 0 bridgehead atoms. The second-order valence-corrected chi connectivity index (χ2v) is 6.99. The first-order valence-corrected chi connectivity index (χ1v) is 8.72. The van der Waals surface area contributed by atoms with E-state index in [1.165, 1.54) is 0 Å². The van der Waals surface area contributed by atoms with Gasteiger partial charge in [-0.15, -0.1) is 0 Å². The lowest BCUT2D eigenvalue weighted by molar-refractivity contribution is -0.122. The second kappa shape index (κ2) is 7.08. The lowest BCUT2D eigenvalue weighted by Crippen LogP contribution is -2.37. The Balaban J connectivity index is 1.85. The maximum atomic E-state index is 13.0. The maximum Gasteiger partial charge on any atom is 0.232 e.